The Morgan fingerprint density at radius 2 is 0.457 bits per heavy atom. The Hall–Kier alpha value is -1.94. The zero-order valence-electron chi connectivity index (χ0n) is 69.4. The largest absolute Gasteiger partial charge is 0.472 e. The van der Waals surface area contributed by atoms with E-state index in [1.807, 2.05) is 0 Å². The molecule has 105 heavy (non-hydrogen) atoms. The van der Waals surface area contributed by atoms with Gasteiger partial charge in [-0.05, 0) is 49.4 Å². The standard InChI is InChI=1S/C86H168O17P2/c1-9-79(8)65-57-49-40-34-28-21-17-12-10-11-13-18-22-30-36-42-52-60-68-85(90)102-81(72-96-83(88)66-58-50-41-35-29-25-24-27-33-39-47-55-63-77(4)5)74-100-104(92,93)98-70-80(87)71-99-105(94,95)101-75-82(73-97-84(89)67-59-51-45-44-48-56-64-78(6)7)103-86(91)69-61-53-43-37-31-23-19-15-14-16-20-26-32-38-46-54-62-76(2)3/h76-82,87H,9-75H2,1-8H3,(H,92,93)(H,94,95)/t79?,80?,81-,82-/m1/s1. The molecule has 17 nitrogen and oxygen atoms in total. The van der Waals surface area contributed by atoms with Gasteiger partial charge in [0.1, 0.15) is 19.3 Å². The molecule has 0 aliphatic rings. The van der Waals surface area contributed by atoms with Gasteiger partial charge < -0.3 is 33.8 Å². The van der Waals surface area contributed by atoms with Gasteiger partial charge in [0.05, 0.1) is 26.4 Å². The van der Waals surface area contributed by atoms with Crippen LogP contribution in [0.1, 0.15) is 447 Å². The summed E-state index contributed by atoms with van der Waals surface area (Å²) in [6, 6.07) is 0. The number of phosphoric ester groups is 2. The van der Waals surface area contributed by atoms with E-state index >= 15 is 0 Å². The molecule has 0 fully saturated rings. The second-order valence-electron chi connectivity index (χ2n) is 32.6. The highest BCUT2D eigenvalue weighted by atomic mass is 31.2. The van der Waals surface area contributed by atoms with Gasteiger partial charge in [-0.3, -0.25) is 37.3 Å². The van der Waals surface area contributed by atoms with Crippen molar-refractivity contribution in [2.24, 2.45) is 23.7 Å². The molecular formula is C86H168O17P2. The molecule has 6 atom stereocenters. The molecule has 0 aliphatic carbocycles. The summed E-state index contributed by atoms with van der Waals surface area (Å²) in [4.78, 5) is 73.2. The Morgan fingerprint density at radius 1 is 0.267 bits per heavy atom. The molecular weight excluding hydrogens is 1370 g/mol. The Kier molecular flexibility index (Phi) is 73.4. The molecule has 0 aliphatic heterocycles. The molecule has 0 aromatic heterocycles. The SMILES string of the molecule is CCC(C)CCCCCCCCCCCCCCCCCCCCC(=O)O[C@H](COC(=O)CCCCCCCCCCCCCCC(C)C)COP(=O)(O)OCC(O)COP(=O)(O)OC[C@@H](COC(=O)CCCCCCCCC(C)C)OC(=O)CCCCCCCCCCCCCCCCCCC(C)C. The van der Waals surface area contributed by atoms with Crippen LogP contribution >= 0.6 is 15.6 Å². The van der Waals surface area contributed by atoms with Crippen LogP contribution in [-0.4, -0.2) is 96.7 Å². The number of aliphatic hydroxyl groups is 1. The van der Waals surface area contributed by atoms with Gasteiger partial charge in [-0.1, -0.05) is 396 Å². The number of rotatable bonds is 83. The van der Waals surface area contributed by atoms with Crippen LogP contribution in [0.25, 0.3) is 0 Å². The monoisotopic (exact) mass is 1540 g/mol. The van der Waals surface area contributed by atoms with Gasteiger partial charge in [0.2, 0.25) is 0 Å². The van der Waals surface area contributed by atoms with Crippen molar-refractivity contribution >= 4 is 39.5 Å². The molecule has 0 aromatic rings. The summed E-state index contributed by atoms with van der Waals surface area (Å²) in [5, 5.41) is 10.7. The second kappa shape index (κ2) is 74.8. The molecule has 0 saturated carbocycles. The van der Waals surface area contributed by atoms with E-state index in [0.29, 0.717) is 31.6 Å². The Bertz CT molecular complexity index is 2040. The molecule has 19 heteroatoms. The Labute approximate surface area is 645 Å². The third kappa shape index (κ3) is 78.5. The minimum atomic E-state index is -4.97. The molecule has 4 unspecified atom stereocenters. The zero-order valence-corrected chi connectivity index (χ0v) is 71.2. The molecule has 0 spiro atoms. The van der Waals surface area contributed by atoms with Crippen LogP contribution in [0.15, 0.2) is 0 Å². The molecule has 0 rings (SSSR count). The van der Waals surface area contributed by atoms with Crippen molar-refractivity contribution in [1.29, 1.82) is 0 Å². The maximum absolute atomic E-state index is 13.1. The number of aliphatic hydroxyl groups excluding tert-OH is 1. The number of unbranched alkanes of at least 4 members (excludes halogenated alkanes) is 48. The van der Waals surface area contributed by atoms with Gasteiger partial charge in [0.25, 0.3) is 0 Å². The van der Waals surface area contributed by atoms with Gasteiger partial charge in [0, 0.05) is 25.7 Å². The summed E-state index contributed by atoms with van der Waals surface area (Å²) in [6.45, 7) is 14.3. The quantitative estimate of drug-likeness (QED) is 0.0222. The molecule has 0 radical (unpaired) electrons. The Morgan fingerprint density at radius 3 is 0.676 bits per heavy atom. The fraction of sp³-hybridized carbons (Fsp3) is 0.953. The second-order valence-corrected chi connectivity index (χ2v) is 35.5. The van der Waals surface area contributed by atoms with E-state index in [0.717, 1.165) is 114 Å². The van der Waals surface area contributed by atoms with E-state index in [-0.39, 0.29) is 25.7 Å². The topological polar surface area (TPSA) is 237 Å². The number of esters is 4. The summed E-state index contributed by atoms with van der Waals surface area (Å²) >= 11 is 0. The Balaban J connectivity index is 5.19. The smallest absolute Gasteiger partial charge is 0.462 e. The lowest BCUT2D eigenvalue weighted by molar-refractivity contribution is -0.161. The first-order valence-corrected chi connectivity index (χ1v) is 47.2. The summed E-state index contributed by atoms with van der Waals surface area (Å²) in [5.74, 6) is 1.03. The van der Waals surface area contributed by atoms with Crippen LogP contribution < -0.4 is 0 Å². The lowest BCUT2D eigenvalue weighted by atomic mass is 9.99. The van der Waals surface area contributed by atoms with Crippen LogP contribution in [0.3, 0.4) is 0 Å². The predicted octanol–water partition coefficient (Wildman–Crippen LogP) is 25.9. The highest BCUT2D eigenvalue weighted by Gasteiger charge is 2.31. The summed E-state index contributed by atoms with van der Waals surface area (Å²) < 4.78 is 68.8. The molecule has 3 N–H and O–H groups in total. The first kappa shape index (κ1) is 103. The maximum Gasteiger partial charge on any atom is 0.472 e. The van der Waals surface area contributed by atoms with Crippen LogP contribution in [0, 0.1) is 23.7 Å². The van der Waals surface area contributed by atoms with E-state index < -0.39 is 97.5 Å². The molecule has 624 valence electrons. The van der Waals surface area contributed by atoms with Gasteiger partial charge >= 0.3 is 39.5 Å². The number of carbonyl (C=O) groups is 4. The lowest BCUT2D eigenvalue weighted by Gasteiger charge is -2.21. The van der Waals surface area contributed by atoms with Gasteiger partial charge in [0.15, 0.2) is 12.2 Å². The third-order valence-electron chi connectivity index (χ3n) is 20.4. The van der Waals surface area contributed by atoms with Gasteiger partial charge in [-0.15, -0.1) is 0 Å². The van der Waals surface area contributed by atoms with Crippen molar-refractivity contribution in [3.05, 3.63) is 0 Å². The first-order valence-electron chi connectivity index (χ1n) is 44.2. The fourth-order valence-corrected chi connectivity index (χ4v) is 14.9. The average Bonchev–Trinajstić information content (AvgIpc) is 0.919. The minimum Gasteiger partial charge on any atom is -0.462 e. The van der Waals surface area contributed by atoms with Crippen molar-refractivity contribution in [1.82, 2.24) is 0 Å². The van der Waals surface area contributed by atoms with E-state index in [1.54, 1.807) is 0 Å². The van der Waals surface area contributed by atoms with Gasteiger partial charge in [-0.2, -0.15) is 0 Å². The molecule has 0 aromatic carbocycles. The summed E-state index contributed by atoms with van der Waals surface area (Å²) in [5.41, 5.74) is 0. The summed E-state index contributed by atoms with van der Waals surface area (Å²) in [7, 11) is -9.93. The number of ether oxygens (including phenoxy) is 4. The van der Waals surface area contributed by atoms with E-state index in [9.17, 15) is 43.2 Å². The van der Waals surface area contributed by atoms with E-state index in [4.69, 9.17) is 37.0 Å². The number of phosphoric acid groups is 2. The third-order valence-corrected chi connectivity index (χ3v) is 22.3. The maximum atomic E-state index is 13.1. The van der Waals surface area contributed by atoms with Crippen LogP contribution in [0.5, 0.6) is 0 Å². The number of hydrogen-bond donors (Lipinski definition) is 3. The molecule has 0 bridgehead atoms. The zero-order chi connectivity index (χ0) is 77.4. The number of carbonyl (C=O) groups excluding carboxylic acids is 4. The fourth-order valence-electron chi connectivity index (χ4n) is 13.3. The van der Waals surface area contributed by atoms with E-state index in [1.165, 1.54) is 244 Å². The average molecular weight is 1540 g/mol. The highest BCUT2D eigenvalue weighted by molar-refractivity contribution is 7.47. The van der Waals surface area contributed by atoms with Crippen LogP contribution in [0.4, 0.5) is 0 Å². The predicted molar refractivity (Wildman–Crippen MR) is 432 cm³/mol. The highest BCUT2D eigenvalue weighted by Crippen LogP contribution is 2.45. The lowest BCUT2D eigenvalue weighted by Crippen LogP contribution is -2.30. The van der Waals surface area contributed by atoms with Crippen LogP contribution in [-0.2, 0) is 65.4 Å². The molecule has 0 saturated heterocycles. The number of hydrogen-bond acceptors (Lipinski definition) is 15. The first-order chi connectivity index (χ1) is 50.6. The van der Waals surface area contributed by atoms with Crippen molar-refractivity contribution < 1.29 is 80.2 Å². The van der Waals surface area contributed by atoms with Crippen molar-refractivity contribution in [2.75, 3.05) is 39.6 Å². The normalized spacial score (nSPS) is 14.2. The van der Waals surface area contributed by atoms with Crippen molar-refractivity contribution in [3.8, 4) is 0 Å². The van der Waals surface area contributed by atoms with E-state index in [2.05, 4.69) is 55.4 Å². The molecule has 0 heterocycles. The van der Waals surface area contributed by atoms with Gasteiger partial charge in [-0.25, -0.2) is 9.13 Å². The van der Waals surface area contributed by atoms with Crippen LogP contribution in [0.2, 0.25) is 0 Å². The molecule has 0 amide bonds. The minimum absolute atomic E-state index is 0.107. The summed E-state index contributed by atoms with van der Waals surface area (Å²) in [6.07, 6.45) is 64.0. The van der Waals surface area contributed by atoms with Crippen molar-refractivity contribution in [2.45, 2.75) is 465 Å². The van der Waals surface area contributed by atoms with Crippen molar-refractivity contribution in [3.63, 3.8) is 0 Å².